The Kier molecular flexibility index (Phi) is 4.26. The molecule has 35 heavy (non-hydrogen) atoms. The molecule has 1 N–H and O–H groups in total. The maximum absolute atomic E-state index is 13.4. The van der Waals surface area contributed by atoms with Gasteiger partial charge in [0, 0.05) is 29.7 Å². The quantitative estimate of drug-likeness (QED) is 0.386. The number of anilines is 1. The molecule has 4 heterocycles. The van der Waals surface area contributed by atoms with Gasteiger partial charge in [0.25, 0.3) is 0 Å². The summed E-state index contributed by atoms with van der Waals surface area (Å²) in [7, 11) is 0. The van der Waals surface area contributed by atoms with Gasteiger partial charge < -0.3 is 14.3 Å². The molecule has 2 aliphatic rings. The summed E-state index contributed by atoms with van der Waals surface area (Å²) in [4.78, 5) is 23.6. The van der Waals surface area contributed by atoms with E-state index < -0.39 is 5.63 Å². The van der Waals surface area contributed by atoms with Crippen molar-refractivity contribution < 1.29 is 4.42 Å². The van der Waals surface area contributed by atoms with Crippen LogP contribution in [0.25, 0.3) is 33.4 Å². The Morgan fingerprint density at radius 2 is 1.80 bits per heavy atom. The molecule has 2 aromatic heterocycles. The van der Waals surface area contributed by atoms with Crippen LogP contribution in [0.15, 0.2) is 33.5 Å². The predicted molar refractivity (Wildman–Crippen MR) is 135 cm³/mol. The second-order valence-electron chi connectivity index (χ2n) is 11.0. The lowest BCUT2D eigenvalue weighted by Gasteiger charge is -2.48. The molecule has 0 unspecified atom stereocenters. The maximum atomic E-state index is 13.4. The first-order valence-corrected chi connectivity index (χ1v) is 11.9. The molecule has 0 amide bonds. The van der Waals surface area contributed by atoms with Crippen molar-refractivity contribution in [2.24, 2.45) is 0 Å². The molecular weight excluding hydrogens is 438 g/mol. The number of benzene rings is 2. The summed E-state index contributed by atoms with van der Waals surface area (Å²) in [5, 5.41) is 20.2. The first-order valence-electron chi connectivity index (χ1n) is 11.9. The summed E-state index contributed by atoms with van der Waals surface area (Å²) < 4.78 is 6.06. The van der Waals surface area contributed by atoms with Crippen LogP contribution in [0.5, 0.6) is 0 Å². The van der Waals surface area contributed by atoms with Crippen LogP contribution >= 0.6 is 0 Å². The van der Waals surface area contributed by atoms with Crippen LogP contribution in [0.2, 0.25) is 0 Å². The minimum Gasteiger partial charge on any atom is -0.422 e. The number of hydrogen-bond donors (Lipinski definition) is 1. The van der Waals surface area contributed by atoms with Gasteiger partial charge in [-0.2, -0.15) is 10.5 Å². The number of H-pyrrole nitrogens is 1. The van der Waals surface area contributed by atoms with Crippen LogP contribution in [0.3, 0.4) is 0 Å². The summed E-state index contributed by atoms with van der Waals surface area (Å²) in [5.74, 6) is 0.272. The molecule has 2 aliphatic heterocycles. The van der Waals surface area contributed by atoms with Gasteiger partial charge in [-0.25, -0.2) is 9.78 Å². The van der Waals surface area contributed by atoms with Gasteiger partial charge in [-0.05, 0) is 53.5 Å². The van der Waals surface area contributed by atoms with Gasteiger partial charge in [-0.3, -0.25) is 0 Å². The van der Waals surface area contributed by atoms with Gasteiger partial charge >= 0.3 is 5.63 Å². The largest absolute Gasteiger partial charge is 0.422 e. The highest BCUT2D eigenvalue weighted by atomic mass is 16.4. The summed E-state index contributed by atoms with van der Waals surface area (Å²) >= 11 is 0. The zero-order valence-corrected chi connectivity index (χ0v) is 20.2. The maximum Gasteiger partial charge on any atom is 0.348 e. The van der Waals surface area contributed by atoms with Crippen molar-refractivity contribution in [3.05, 3.63) is 56.9 Å². The van der Waals surface area contributed by atoms with Crippen molar-refractivity contribution >= 4 is 27.7 Å². The Morgan fingerprint density at radius 1 is 1.06 bits per heavy atom. The van der Waals surface area contributed by atoms with E-state index in [9.17, 15) is 15.3 Å². The number of rotatable bonds is 1. The fourth-order valence-electron chi connectivity index (χ4n) is 5.75. The second-order valence-corrected chi connectivity index (χ2v) is 11.0. The van der Waals surface area contributed by atoms with E-state index in [1.165, 1.54) is 5.56 Å². The van der Waals surface area contributed by atoms with Gasteiger partial charge in [-0.15, -0.1) is 0 Å². The second kappa shape index (κ2) is 6.96. The SMILES string of the molecule is CC1(C)CCN2CCC(C)(C)c3c2c1cc1c(C#N)c(-c2nc4cc(C#N)ccc4[nH]2)c(=O)oc31. The number of nitriles is 2. The van der Waals surface area contributed by atoms with Gasteiger partial charge in [0.05, 0.1) is 28.2 Å². The van der Waals surface area contributed by atoms with E-state index >= 15 is 0 Å². The lowest BCUT2D eigenvalue weighted by atomic mass is 9.69. The van der Waals surface area contributed by atoms with Gasteiger partial charge in [-0.1, -0.05) is 27.7 Å². The average Bonchev–Trinajstić information content (AvgIpc) is 3.23. The molecule has 6 rings (SSSR count). The molecule has 0 saturated heterocycles. The highest BCUT2D eigenvalue weighted by Gasteiger charge is 2.42. The van der Waals surface area contributed by atoms with Crippen LogP contribution < -0.4 is 10.5 Å². The molecule has 7 heteroatoms. The molecule has 0 radical (unpaired) electrons. The lowest BCUT2D eigenvalue weighted by Crippen LogP contribution is -2.44. The van der Waals surface area contributed by atoms with Crippen LogP contribution in [-0.2, 0) is 10.8 Å². The number of nitrogens with zero attached hydrogens (tertiary/aromatic N) is 4. The van der Waals surface area contributed by atoms with Crippen molar-refractivity contribution in [2.75, 3.05) is 18.0 Å². The fourth-order valence-corrected chi connectivity index (χ4v) is 5.75. The zero-order chi connectivity index (χ0) is 24.7. The third-order valence-corrected chi connectivity index (χ3v) is 7.87. The first kappa shape index (κ1) is 21.4. The van der Waals surface area contributed by atoms with Gasteiger partial charge in [0.1, 0.15) is 23.0 Å². The highest BCUT2D eigenvalue weighted by Crippen LogP contribution is 2.52. The molecule has 2 aromatic carbocycles. The lowest BCUT2D eigenvalue weighted by molar-refractivity contribution is 0.398. The Labute approximate surface area is 202 Å². The molecule has 0 spiro atoms. The number of nitrogens with one attached hydrogen (secondary N) is 1. The Bertz CT molecular complexity index is 1710. The summed E-state index contributed by atoms with van der Waals surface area (Å²) in [6.07, 6.45) is 1.96. The van der Waals surface area contributed by atoms with E-state index in [2.05, 4.69) is 60.8 Å². The average molecular weight is 464 g/mol. The smallest absolute Gasteiger partial charge is 0.348 e. The number of hydrogen-bond acceptors (Lipinski definition) is 6. The van der Waals surface area contributed by atoms with Crippen molar-refractivity contribution in [1.82, 2.24) is 9.97 Å². The fraction of sp³-hybridized carbons (Fsp3) is 0.357. The van der Waals surface area contributed by atoms with Crippen molar-refractivity contribution in [3.8, 4) is 23.5 Å². The van der Waals surface area contributed by atoms with E-state index in [0.717, 1.165) is 37.2 Å². The Hall–Kier alpha value is -4.10. The minimum absolute atomic E-state index is 0.0712. The molecule has 0 fully saturated rings. The monoisotopic (exact) mass is 463 g/mol. The summed E-state index contributed by atoms with van der Waals surface area (Å²) in [5.41, 5.74) is 5.12. The zero-order valence-electron chi connectivity index (χ0n) is 20.2. The number of fused-ring (bicyclic) bond motifs is 3. The summed E-state index contributed by atoms with van der Waals surface area (Å²) in [6, 6.07) is 11.6. The van der Waals surface area contributed by atoms with Crippen LogP contribution in [0.1, 0.15) is 62.8 Å². The normalized spacial score (nSPS) is 17.7. The first-order chi connectivity index (χ1) is 16.6. The molecule has 7 nitrogen and oxygen atoms in total. The standard InChI is InChI=1S/C28H25N5O2/c1-27(2)7-9-33-10-8-28(3,4)22-23(33)18(27)12-16-17(14-30)21(26(34)35-24(16)22)25-31-19-6-5-15(13-29)11-20(19)32-25/h5-6,11-12H,7-10H2,1-4H3,(H,31,32). The van der Waals surface area contributed by atoms with Crippen LogP contribution in [0, 0.1) is 22.7 Å². The van der Waals surface area contributed by atoms with E-state index in [-0.39, 0.29) is 27.8 Å². The predicted octanol–water partition coefficient (Wildman–Crippen LogP) is 5.25. The Balaban J connectivity index is 1.73. The molecule has 4 aromatic rings. The minimum atomic E-state index is -0.590. The van der Waals surface area contributed by atoms with Crippen molar-refractivity contribution in [2.45, 2.75) is 51.4 Å². The molecule has 174 valence electrons. The molecular formula is C28H25N5O2. The Morgan fingerprint density at radius 3 is 2.51 bits per heavy atom. The van der Waals surface area contributed by atoms with Crippen molar-refractivity contribution in [1.29, 1.82) is 10.5 Å². The number of aromatic amines is 1. The number of imidazole rings is 1. The third kappa shape index (κ3) is 2.94. The third-order valence-electron chi connectivity index (χ3n) is 7.87. The molecule has 0 atom stereocenters. The number of aromatic nitrogens is 2. The van der Waals surface area contributed by atoms with Gasteiger partial charge in [0.2, 0.25) is 0 Å². The van der Waals surface area contributed by atoms with Gasteiger partial charge in [0.15, 0.2) is 0 Å². The van der Waals surface area contributed by atoms with E-state index in [1.807, 2.05) is 0 Å². The van der Waals surface area contributed by atoms with E-state index in [4.69, 9.17) is 4.42 Å². The molecule has 0 bridgehead atoms. The topological polar surface area (TPSA) is 110 Å². The molecule has 0 aliphatic carbocycles. The van der Waals surface area contributed by atoms with Crippen LogP contribution in [-0.4, -0.2) is 23.1 Å². The van der Waals surface area contributed by atoms with Crippen LogP contribution in [0.4, 0.5) is 5.69 Å². The summed E-state index contributed by atoms with van der Waals surface area (Å²) in [6.45, 7) is 10.8. The van der Waals surface area contributed by atoms with E-state index in [1.54, 1.807) is 18.2 Å². The van der Waals surface area contributed by atoms with Crippen molar-refractivity contribution in [3.63, 3.8) is 0 Å². The van der Waals surface area contributed by atoms with E-state index in [0.29, 0.717) is 27.6 Å². The highest BCUT2D eigenvalue weighted by molar-refractivity contribution is 5.97. The molecule has 0 saturated carbocycles.